The fraction of sp³-hybridized carbons (Fsp3) is 0.259. The molecule has 0 aliphatic heterocycles. The lowest BCUT2D eigenvalue weighted by molar-refractivity contribution is -0.114. The molecule has 0 aromatic heterocycles. The van der Waals surface area contributed by atoms with E-state index in [-0.39, 0.29) is 16.7 Å². The number of hydrogen-bond acceptors (Lipinski definition) is 4. The van der Waals surface area contributed by atoms with Gasteiger partial charge in [-0.15, -0.1) is 0 Å². The van der Waals surface area contributed by atoms with Crippen LogP contribution in [-0.2, 0) is 14.8 Å². The van der Waals surface area contributed by atoms with Crippen LogP contribution < -0.4 is 14.9 Å². The Kier molecular flexibility index (Phi) is 8.30. The van der Waals surface area contributed by atoms with Crippen LogP contribution in [0.1, 0.15) is 35.3 Å². The van der Waals surface area contributed by atoms with Gasteiger partial charge in [0.05, 0.1) is 21.8 Å². The van der Waals surface area contributed by atoms with E-state index >= 15 is 0 Å². The van der Waals surface area contributed by atoms with Crippen LogP contribution in [0.25, 0.3) is 0 Å². The molecule has 7 nitrogen and oxygen atoms in total. The molecule has 2 N–H and O–H groups in total. The summed E-state index contributed by atoms with van der Waals surface area (Å²) < 4.78 is 28.1. The molecule has 0 saturated heterocycles. The van der Waals surface area contributed by atoms with Gasteiger partial charge in [0.2, 0.25) is 5.91 Å². The molecule has 184 valence electrons. The monoisotopic (exact) mass is 493 g/mol. The fourth-order valence-corrected chi connectivity index (χ4v) is 4.79. The van der Waals surface area contributed by atoms with Crippen LogP contribution >= 0.6 is 0 Å². The van der Waals surface area contributed by atoms with Crippen LogP contribution in [0.3, 0.4) is 0 Å². The van der Waals surface area contributed by atoms with Crippen LogP contribution in [-0.4, -0.2) is 33.3 Å². The number of sulfonamides is 1. The van der Waals surface area contributed by atoms with E-state index in [0.29, 0.717) is 23.5 Å². The zero-order valence-corrected chi connectivity index (χ0v) is 21.2. The molecule has 35 heavy (non-hydrogen) atoms. The number of nitrogens with zero attached hydrogens (tertiary/aromatic N) is 1. The van der Waals surface area contributed by atoms with Gasteiger partial charge in [0.15, 0.2) is 0 Å². The maximum absolute atomic E-state index is 13.5. The van der Waals surface area contributed by atoms with Gasteiger partial charge >= 0.3 is 0 Å². The molecule has 0 saturated carbocycles. The normalized spacial score (nSPS) is 11.2. The summed E-state index contributed by atoms with van der Waals surface area (Å²) in [6.45, 7) is 7.79. The van der Waals surface area contributed by atoms with Gasteiger partial charge in [-0.25, -0.2) is 8.42 Å². The minimum absolute atomic E-state index is 0.0879. The number of hydrogen-bond donors (Lipinski definition) is 2. The lowest BCUT2D eigenvalue weighted by atomic mass is 10.1. The minimum atomic E-state index is -4.02. The van der Waals surface area contributed by atoms with Crippen molar-refractivity contribution in [3.8, 4) is 0 Å². The Hall–Kier alpha value is -3.65. The van der Waals surface area contributed by atoms with Crippen molar-refractivity contribution in [3.05, 3.63) is 89.5 Å². The Bertz CT molecular complexity index is 1280. The third-order valence-corrected chi connectivity index (χ3v) is 7.12. The molecule has 0 heterocycles. The third kappa shape index (κ3) is 6.70. The van der Waals surface area contributed by atoms with Gasteiger partial charge in [-0.3, -0.25) is 13.9 Å². The van der Waals surface area contributed by atoms with Crippen molar-refractivity contribution in [2.24, 2.45) is 5.92 Å². The van der Waals surface area contributed by atoms with Crippen molar-refractivity contribution in [3.63, 3.8) is 0 Å². The van der Waals surface area contributed by atoms with Gasteiger partial charge in [-0.2, -0.15) is 0 Å². The number of carbonyl (C=O) groups is 2. The molecule has 8 heteroatoms. The maximum Gasteiger partial charge on any atom is 0.264 e. The van der Waals surface area contributed by atoms with E-state index in [0.717, 1.165) is 15.4 Å². The number of anilines is 2. The molecule has 2 amide bonds. The Morgan fingerprint density at radius 1 is 0.857 bits per heavy atom. The van der Waals surface area contributed by atoms with E-state index < -0.39 is 22.5 Å². The molecule has 0 spiro atoms. The van der Waals surface area contributed by atoms with Crippen LogP contribution in [0, 0.1) is 19.8 Å². The van der Waals surface area contributed by atoms with Gasteiger partial charge in [-0.1, -0.05) is 61.4 Å². The molecule has 0 aliphatic carbocycles. The average molecular weight is 494 g/mol. The van der Waals surface area contributed by atoms with Crippen molar-refractivity contribution in [1.82, 2.24) is 5.32 Å². The van der Waals surface area contributed by atoms with Crippen molar-refractivity contribution < 1.29 is 18.0 Å². The summed E-state index contributed by atoms with van der Waals surface area (Å²) in [5.41, 5.74) is 2.89. The average Bonchev–Trinajstić information content (AvgIpc) is 2.82. The topological polar surface area (TPSA) is 95.6 Å². The highest BCUT2D eigenvalue weighted by atomic mass is 32.2. The van der Waals surface area contributed by atoms with Crippen molar-refractivity contribution in [2.75, 3.05) is 22.7 Å². The molecule has 3 rings (SSSR count). The summed E-state index contributed by atoms with van der Waals surface area (Å²) in [6.07, 6.45) is 0. The zero-order chi connectivity index (χ0) is 25.6. The lowest BCUT2D eigenvalue weighted by Crippen LogP contribution is -2.38. The summed E-state index contributed by atoms with van der Waals surface area (Å²) in [5, 5.41) is 5.56. The molecule has 3 aromatic rings. The van der Waals surface area contributed by atoms with Crippen LogP contribution in [0.4, 0.5) is 11.4 Å². The van der Waals surface area contributed by atoms with Crippen LogP contribution in [0.5, 0.6) is 0 Å². The Morgan fingerprint density at radius 3 is 2.03 bits per heavy atom. The van der Waals surface area contributed by atoms with Crippen molar-refractivity contribution in [2.45, 2.75) is 32.6 Å². The Balaban J connectivity index is 1.89. The van der Waals surface area contributed by atoms with Crippen molar-refractivity contribution in [1.29, 1.82) is 0 Å². The van der Waals surface area contributed by atoms with E-state index in [4.69, 9.17) is 0 Å². The number of para-hydroxylation sites is 1. The number of carbonyl (C=O) groups excluding carboxylic acids is 2. The molecule has 0 bridgehead atoms. The molecule has 0 aliphatic rings. The minimum Gasteiger partial charge on any atom is -0.352 e. The second kappa shape index (κ2) is 11.2. The van der Waals surface area contributed by atoms with Gasteiger partial charge < -0.3 is 10.6 Å². The van der Waals surface area contributed by atoms with E-state index in [1.165, 1.54) is 12.1 Å². The van der Waals surface area contributed by atoms with Gasteiger partial charge in [-0.05, 0) is 56.2 Å². The first-order valence-corrected chi connectivity index (χ1v) is 12.8. The number of rotatable bonds is 9. The standard InChI is InChI=1S/C27H31N3O4S/c1-19(2)17-28-27(32)24-7-5-6-8-25(24)29-26(31)18-30(22-13-9-20(3)10-14-22)35(33,34)23-15-11-21(4)12-16-23/h5-16,19H,17-18H2,1-4H3,(H,28,32)(H,29,31). The predicted octanol–water partition coefficient (Wildman–Crippen LogP) is 4.52. The lowest BCUT2D eigenvalue weighted by Gasteiger charge is -2.24. The summed E-state index contributed by atoms with van der Waals surface area (Å²) in [4.78, 5) is 25.8. The largest absolute Gasteiger partial charge is 0.352 e. The number of amides is 2. The first kappa shape index (κ1) is 26.0. The first-order chi connectivity index (χ1) is 16.6. The van der Waals surface area contributed by atoms with Crippen LogP contribution in [0.2, 0.25) is 0 Å². The Morgan fingerprint density at radius 2 is 1.43 bits per heavy atom. The third-order valence-electron chi connectivity index (χ3n) is 5.33. The zero-order valence-electron chi connectivity index (χ0n) is 20.4. The van der Waals surface area contributed by atoms with Crippen LogP contribution in [0.15, 0.2) is 77.7 Å². The Labute approximate surface area is 207 Å². The first-order valence-electron chi connectivity index (χ1n) is 11.4. The van der Waals surface area contributed by atoms with Gasteiger partial charge in [0.1, 0.15) is 6.54 Å². The fourth-order valence-electron chi connectivity index (χ4n) is 3.37. The summed E-state index contributed by atoms with van der Waals surface area (Å²) in [5.74, 6) is -0.599. The quantitative estimate of drug-likeness (QED) is 0.458. The van der Waals surface area contributed by atoms with Crippen molar-refractivity contribution >= 4 is 33.2 Å². The van der Waals surface area contributed by atoms with Gasteiger partial charge in [0.25, 0.3) is 15.9 Å². The molecule has 0 atom stereocenters. The van der Waals surface area contributed by atoms with E-state index in [1.807, 2.05) is 27.7 Å². The SMILES string of the molecule is Cc1ccc(N(CC(=O)Nc2ccccc2C(=O)NCC(C)C)S(=O)(=O)c2ccc(C)cc2)cc1. The summed E-state index contributed by atoms with van der Waals surface area (Å²) >= 11 is 0. The number of benzene rings is 3. The second-order valence-corrected chi connectivity index (χ2v) is 10.7. The predicted molar refractivity (Wildman–Crippen MR) is 139 cm³/mol. The molecule has 3 aromatic carbocycles. The van der Waals surface area contributed by atoms with E-state index in [9.17, 15) is 18.0 Å². The number of nitrogens with one attached hydrogen (secondary N) is 2. The highest BCUT2D eigenvalue weighted by Gasteiger charge is 2.27. The molecular formula is C27H31N3O4S. The van der Waals surface area contributed by atoms with Gasteiger partial charge in [0, 0.05) is 6.54 Å². The molecule has 0 fully saturated rings. The summed E-state index contributed by atoms with van der Waals surface area (Å²) in [6, 6.07) is 20.0. The van der Waals surface area contributed by atoms with E-state index in [2.05, 4.69) is 10.6 Å². The molecule has 0 radical (unpaired) electrons. The highest BCUT2D eigenvalue weighted by Crippen LogP contribution is 2.25. The highest BCUT2D eigenvalue weighted by molar-refractivity contribution is 7.92. The number of aryl methyl sites for hydroxylation is 2. The smallest absolute Gasteiger partial charge is 0.264 e. The maximum atomic E-state index is 13.5. The molecule has 0 unspecified atom stereocenters. The summed E-state index contributed by atoms with van der Waals surface area (Å²) in [7, 11) is -4.02. The second-order valence-electron chi connectivity index (χ2n) is 8.86. The molecular weight excluding hydrogens is 462 g/mol. The van der Waals surface area contributed by atoms with E-state index in [1.54, 1.807) is 60.7 Å².